The lowest BCUT2D eigenvalue weighted by Gasteiger charge is -2.33. The Labute approximate surface area is 182 Å². The van der Waals surface area contributed by atoms with Crippen LogP contribution in [-0.4, -0.2) is 52.7 Å². The molecule has 0 radical (unpaired) electrons. The number of nitrogens with zero attached hydrogens (tertiary/aromatic N) is 2. The summed E-state index contributed by atoms with van der Waals surface area (Å²) < 4.78 is 0. The van der Waals surface area contributed by atoms with Gasteiger partial charge in [-0.15, -0.1) is 0 Å². The molecule has 0 atom stereocenters. The molecular weight excluding hydrogens is 386 g/mol. The minimum absolute atomic E-state index is 0.130. The van der Waals surface area contributed by atoms with E-state index >= 15 is 0 Å². The zero-order valence-corrected chi connectivity index (χ0v) is 17.6. The van der Waals surface area contributed by atoms with Crippen LogP contribution in [0.3, 0.4) is 0 Å². The van der Waals surface area contributed by atoms with Crippen molar-refractivity contribution in [2.45, 2.75) is 19.4 Å². The number of rotatable bonds is 6. The third-order valence-corrected chi connectivity index (χ3v) is 6.52. The molecule has 158 valence electrons. The molecule has 1 fully saturated rings. The lowest BCUT2D eigenvalue weighted by Crippen LogP contribution is -2.41. The number of hydrogen-bond donors (Lipinski definition) is 1. The molecule has 0 spiro atoms. The number of fused-ring (bicyclic) bond motifs is 1. The summed E-state index contributed by atoms with van der Waals surface area (Å²) in [5, 5.41) is 0. The number of carbonyl (C=O) groups is 2. The molecule has 5 nitrogen and oxygen atoms in total. The van der Waals surface area contributed by atoms with E-state index in [-0.39, 0.29) is 11.7 Å². The van der Waals surface area contributed by atoms with Gasteiger partial charge in [-0.1, -0.05) is 48.5 Å². The maximum Gasteiger partial charge on any atom is 0.254 e. The highest BCUT2D eigenvalue weighted by molar-refractivity contribution is 5.98. The molecule has 2 aliphatic heterocycles. The normalized spacial score (nSPS) is 17.2. The molecule has 31 heavy (non-hydrogen) atoms. The number of H-pyrrole nitrogens is 1. The van der Waals surface area contributed by atoms with Gasteiger partial charge in [-0.3, -0.25) is 14.5 Å². The summed E-state index contributed by atoms with van der Waals surface area (Å²) >= 11 is 0. The molecule has 2 aliphatic rings. The Hall–Kier alpha value is -3.18. The lowest BCUT2D eigenvalue weighted by molar-refractivity contribution is 0.0707. The predicted octanol–water partition coefficient (Wildman–Crippen LogP) is 4.23. The van der Waals surface area contributed by atoms with Gasteiger partial charge in [-0.05, 0) is 61.2 Å². The summed E-state index contributed by atoms with van der Waals surface area (Å²) in [6, 6.07) is 21.8. The Balaban J connectivity index is 1.12. The van der Waals surface area contributed by atoms with E-state index in [9.17, 15) is 9.59 Å². The molecular formula is C26H27N3O2. The van der Waals surface area contributed by atoms with Gasteiger partial charge in [0.15, 0.2) is 5.78 Å². The van der Waals surface area contributed by atoms with Gasteiger partial charge in [0.25, 0.3) is 5.91 Å². The Morgan fingerprint density at radius 2 is 1.68 bits per heavy atom. The summed E-state index contributed by atoms with van der Waals surface area (Å²) in [7, 11) is 0. The molecule has 0 saturated carbocycles. The third-order valence-electron chi connectivity index (χ3n) is 6.52. The van der Waals surface area contributed by atoms with E-state index < -0.39 is 0 Å². The minimum atomic E-state index is 0.130. The monoisotopic (exact) mass is 413 g/mol. The number of aromatic amines is 1. The van der Waals surface area contributed by atoms with Gasteiger partial charge in [0.05, 0.1) is 12.2 Å². The van der Waals surface area contributed by atoms with Crippen LogP contribution in [0.4, 0.5) is 0 Å². The fourth-order valence-corrected chi connectivity index (χ4v) is 4.73. The van der Waals surface area contributed by atoms with Crippen molar-refractivity contribution in [3.63, 3.8) is 0 Å². The van der Waals surface area contributed by atoms with Crippen molar-refractivity contribution in [3.05, 3.63) is 83.6 Å². The van der Waals surface area contributed by atoms with Crippen LogP contribution in [0.1, 0.15) is 39.3 Å². The molecule has 1 aromatic heterocycles. The Morgan fingerprint density at radius 1 is 0.935 bits per heavy atom. The molecule has 0 bridgehead atoms. The third kappa shape index (κ3) is 4.19. The van der Waals surface area contributed by atoms with Crippen LogP contribution in [-0.2, 0) is 6.54 Å². The minimum Gasteiger partial charge on any atom is -0.352 e. The maximum absolute atomic E-state index is 12.8. The van der Waals surface area contributed by atoms with Crippen molar-refractivity contribution in [1.29, 1.82) is 0 Å². The molecule has 0 aliphatic carbocycles. The average Bonchev–Trinajstić information content (AvgIpc) is 3.42. The van der Waals surface area contributed by atoms with Gasteiger partial charge in [-0.2, -0.15) is 0 Å². The Bertz CT molecular complexity index is 1080. The van der Waals surface area contributed by atoms with E-state index in [0.29, 0.717) is 18.2 Å². The fourth-order valence-electron chi connectivity index (χ4n) is 4.73. The summed E-state index contributed by atoms with van der Waals surface area (Å²) in [5.74, 6) is 0.791. The van der Waals surface area contributed by atoms with E-state index in [1.807, 2.05) is 71.6 Å². The van der Waals surface area contributed by atoms with Gasteiger partial charge < -0.3 is 9.88 Å². The van der Waals surface area contributed by atoms with E-state index in [1.165, 1.54) is 0 Å². The molecule has 0 unspecified atom stereocenters. The lowest BCUT2D eigenvalue weighted by atomic mass is 9.96. The molecule has 5 rings (SSSR count). The highest BCUT2D eigenvalue weighted by Crippen LogP contribution is 2.26. The van der Waals surface area contributed by atoms with Crippen molar-refractivity contribution in [3.8, 4) is 11.3 Å². The fraction of sp³-hybridized carbons (Fsp3) is 0.308. The van der Waals surface area contributed by atoms with Gasteiger partial charge in [0.2, 0.25) is 0 Å². The molecule has 5 heteroatoms. The molecule has 3 aromatic rings. The predicted molar refractivity (Wildman–Crippen MR) is 121 cm³/mol. The van der Waals surface area contributed by atoms with Crippen molar-refractivity contribution in [1.82, 2.24) is 14.8 Å². The van der Waals surface area contributed by atoms with Crippen molar-refractivity contribution in [2.75, 3.05) is 26.2 Å². The van der Waals surface area contributed by atoms with Crippen molar-refractivity contribution < 1.29 is 9.59 Å². The van der Waals surface area contributed by atoms with Crippen LogP contribution >= 0.6 is 0 Å². The first-order valence-corrected chi connectivity index (χ1v) is 11.0. The zero-order chi connectivity index (χ0) is 21.2. The number of hydrogen-bond acceptors (Lipinski definition) is 3. The molecule has 1 N–H and O–H groups in total. The number of Topliss-reactive ketones (excluding diaryl/α,β-unsaturated/α-hetero) is 1. The van der Waals surface area contributed by atoms with Crippen LogP contribution < -0.4 is 0 Å². The summed E-state index contributed by atoms with van der Waals surface area (Å²) in [6.45, 7) is 3.78. The number of ketones is 1. The van der Waals surface area contributed by atoms with Crippen LogP contribution in [0.25, 0.3) is 11.3 Å². The number of likely N-dealkylation sites (tertiary alicyclic amines) is 1. The van der Waals surface area contributed by atoms with Crippen molar-refractivity contribution >= 4 is 11.7 Å². The number of aromatic nitrogens is 1. The van der Waals surface area contributed by atoms with Crippen molar-refractivity contribution in [2.24, 2.45) is 5.92 Å². The first kappa shape index (κ1) is 19.8. The van der Waals surface area contributed by atoms with Gasteiger partial charge in [0, 0.05) is 24.3 Å². The van der Waals surface area contributed by atoms with Gasteiger partial charge in [-0.25, -0.2) is 0 Å². The zero-order valence-electron chi connectivity index (χ0n) is 17.6. The second-order valence-corrected chi connectivity index (χ2v) is 8.64. The number of amides is 1. The standard InChI is InChI=1S/C26H27N3O2/c30-25(24-11-10-23(27-24)20-6-2-1-3-7-20)18-28-14-12-19(13-15-28)16-29-17-21-8-4-5-9-22(21)26(29)31/h1-11,19,27H,12-18H2. The Morgan fingerprint density at radius 3 is 2.45 bits per heavy atom. The maximum atomic E-state index is 12.8. The second kappa shape index (κ2) is 8.52. The topological polar surface area (TPSA) is 56.4 Å². The van der Waals surface area contributed by atoms with E-state index in [1.54, 1.807) is 0 Å². The SMILES string of the molecule is O=C(CN1CCC(CN2Cc3ccccc3C2=O)CC1)c1ccc(-c2ccccc2)[nH]1. The quantitative estimate of drug-likeness (QED) is 0.615. The summed E-state index contributed by atoms with van der Waals surface area (Å²) in [4.78, 5) is 32.9. The molecule has 1 saturated heterocycles. The van der Waals surface area contributed by atoms with Gasteiger partial charge >= 0.3 is 0 Å². The smallest absolute Gasteiger partial charge is 0.254 e. The van der Waals surface area contributed by atoms with Gasteiger partial charge in [0.1, 0.15) is 0 Å². The number of carbonyl (C=O) groups excluding carboxylic acids is 2. The molecule has 1 amide bonds. The Kier molecular flexibility index (Phi) is 5.43. The second-order valence-electron chi connectivity index (χ2n) is 8.64. The van der Waals surface area contributed by atoms with Crippen LogP contribution in [0.15, 0.2) is 66.7 Å². The first-order chi connectivity index (χ1) is 15.2. The number of piperidine rings is 1. The van der Waals surface area contributed by atoms with E-state index in [4.69, 9.17) is 0 Å². The summed E-state index contributed by atoms with van der Waals surface area (Å²) in [6.07, 6.45) is 2.04. The highest BCUT2D eigenvalue weighted by atomic mass is 16.2. The number of benzene rings is 2. The van der Waals surface area contributed by atoms with Crippen LogP contribution in [0.2, 0.25) is 0 Å². The largest absolute Gasteiger partial charge is 0.352 e. The highest BCUT2D eigenvalue weighted by Gasteiger charge is 2.30. The number of nitrogens with one attached hydrogen (secondary N) is 1. The van der Waals surface area contributed by atoms with Crippen LogP contribution in [0.5, 0.6) is 0 Å². The average molecular weight is 414 g/mol. The molecule has 3 heterocycles. The summed E-state index contributed by atoms with van der Waals surface area (Å²) in [5.41, 5.74) is 4.71. The van der Waals surface area contributed by atoms with E-state index in [2.05, 4.69) is 9.88 Å². The van der Waals surface area contributed by atoms with Crippen LogP contribution in [0, 0.1) is 5.92 Å². The first-order valence-electron chi connectivity index (χ1n) is 11.0. The van der Waals surface area contributed by atoms with E-state index in [0.717, 1.165) is 61.4 Å². The molecule has 2 aromatic carbocycles.